The SMILES string of the molecule is C/C=C(\C=C/CN(c1ccc2c(c1)C1(C)C=CC=CC1N2c1ccccc1)c1cccc2ccccc12)c1ccc(N(c2ccc3c(c2)c2ccccc2n3-c2ccccc2)c2cccc3ccccc23)cc1. The molecule has 2 aliphatic rings. The van der Waals surface area contributed by atoms with Crippen molar-refractivity contribution in [3.05, 3.63) is 284 Å². The van der Waals surface area contributed by atoms with Crippen LogP contribution in [0.15, 0.2) is 273 Å². The van der Waals surface area contributed by atoms with Crippen molar-refractivity contribution in [2.24, 2.45) is 0 Å². The summed E-state index contributed by atoms with van der Waals surface area (Å²) in [6.07, 6.45) is 16.0. The lowest BCUT2D eigenvalue weighted by molar-refractivity contribution is 0.551. The number of aromatic nitrogens is 1. The van der Waals surface area contributed by atoms with Crippen LogP contribution in [0.4, 0.5) is 39.8 Å². The topological polar surface area (TPSA) is 14.7 Å². The van der Waals surface area contributed by atoms with E-state index in [1.165, 1.54) is 77.2 Å². The van der Waals surface area contributed by atoms with E-state index >= 15 is 0 Å². The molecule has 0 saturated heterocycles. The molecular weight excluding hydrogens is 885 g/mol. The number of rotatable bonds is 11. The Labute approximate surface area is 427 Å². The van der Waals surface area contributed by atoms with Gasteiger partial charge in [0.2, 0.25) is 0 Å². The van der Waals surface area contributed by atoms with E-state index in [1.807, 2.05) is 0 Å². The maximum Gasteiger partial charge on any atom is 0.0655 e. The highest BCUT2D eigenvalue weighted by Gasteiger charge is 2.46. The predicted octanol–water partition coefficient (Wildman–Crippen LogP) is 18.3. The van der Waals surface area contributed by atoms with Crippen LogP contribution in [0.2, 0.25) is 0 Å². The summed E-state index contributed by atoms with van der Waals surface area (Å²) >= 11 is 0. The van der Waals surface area contributed by atoms with Crippen molar-refractivity contribution in [2.75, 3.05) is 21.2 Å². The second kappa shape index (κ2) is 18.2. The maximum atomic E-state index is 2.51. The second-order valence-corrected chi connectivity index (χ2v) is 19.4. The second-order valence-electron chi connectivity index (χ2n) is 19.4. The molecule has 0 amide bonds. The van der Waals surface area contributed by atoms with Gasteiger partial charge in [0.25, 0.3) is 0 Å². The number of fused-ring (bicyclic) bond motifs is 8. The summed E-state index contributed by atoms with van der Waals surface area (Å²) in [7, 11) is 0. The summed E-state index contributed by atoms with van der Waals surface area (Å²) in [6, 6.07) is 84.3. The lowest BCUT2D eigenvalue weighted by atomic mass is 9.76. The summed E-state index contributed by atoms with van der Waals surface area (Å²) in [5, 5.41) is 7.31. The first-order valence-corrected chi connectivity index (χ1v) is 25.5. The summed E-state index contributed by atoms with van der Waals surface area (Å²) in [5.74, 6) is 0. The van der Waals surface area contributed by atoms with E-state index in [1.54, 1.807) is 0 Å². The molecule has 4 heteroatoms. The largest absolute Gasteiger partial charge is 0.337 e. The van der Waals surface area contributed by atoms with Gasteiger partial charge in [-0.05, 0) is 132 Å². The monoisotopic (exact) mass is 938 g/mol. The van der Waals surface area contributed by atoms with Crippen molar-refractivity contribution >= 4 is 88.7 Å². The summed E-state index contributed by atoms with van der Waals surface area (Å²) in [6.45, 7) is 5.21. The van der Waals surface area contributed by atoms with E-state index in [0.717, 1.165) is 28.3 Å². The van der Waals surface area contributed by atoms with Crippen LogP contribution in [-0.2, 0) is 5.41 Å². The normalized spacial score (nSPS) is 16.2. The fourth-order valence-corrected chi connectivity index (χ4v) is 11.7. The van der Waals surface area contributed by atoms with Crippen molar-refractivity contribution < 1.29 is 0 Å². The van der Waals surface area contributed by atoms with Gasteiger partial charge in [-0.25, -0.2) is 0 Å². The first-order valence-electron chi connectivity index (χ1n) is 25.5. The number of hydrogen-bond donors (Lipinski definition) is 0. The Balaban J connectivity index is 0.864. The molecular formula is C69H54N4. The number of para-hydroxylation sites is 3. The van der Waals surface area contributed by atoms with E-state index in [0.29, 0.717) is 6.54 Å². The fraction of sp³-hybridized carbons (Fsp3) is 0.0725. The van der Waals surface area contributed by atoms with Gasteiger partial charge >= 0.3 is 0 Å². The molecule has 350 valence electrons. The standard InChI is InChI=1S/C69H54N4/c1-3-49(25-20-46-70(63-34-18-23-51-21-10-12-30-58(51)63)56-41-44-67-62(48-56)69(2)45-17-16-36-68(69)73(67)54-28-8-5-9-29-54)50-37-39-55(40-38-50)71(64-35-19-24-52-22-11-13-31-59(52)64)57-42-43-66-61(47-57)60-32-14-15-33-65(60)72(66)53-26-6-4-7-27-53/h3-45,47-48,68H,46H2,1-2H3/b25-20-,49-3+. The lowest BCUT2D eigenvalue weighted by Gasteiger charge is -2.34. The van der Waals surface area contributed by atoms with Crippen LogP contribution >= 0.6 is 0 Å². The summed E-state index contributed by atoms with van der Waals surface area (Å²) in [5.41, 5.74) is 15.1. The molecule has 10 aromatic carbocycles. The van der Waals surface area contributed by atoms with E-state index in [2.05, 4.69) is 306 Å². The van der Waals surface area contributed by atoms with Crippen molar-refractivity contribution in [2.45, 2.75) is 25.3 Å². The van der Waals surface area contributed by atoms with Gasteiger partial charge in [-0.15, -0.1) is 0 Å². The molecule has 1 aliphatic heterocycles. The molecule has 2 heterocycles. The van der Waals surface area contributed by atoms with Crippen LogP contribution in [0.5, 0.6) is 0 Å². The number of benzene rings is 10. The highest BCUT2D eigenvalue weighted by atomic mass is 15.2. The van der Waals surface area contributed by atoms with Crippen molar-refractivity contribution in [3.8, 4) is 5.69 Å². The van der Waals surface area contributed by atoms with E-state index in [-0.39, 0.29) is 11.5 Å². The summed E-state index contributed by atoms with van der Waals surface area (Å²) < 4.78 is 2.38. The molecule has 1 aliphatic carbocycles. The summed E-state index contributed by atoms with van der Waals surface area (Å²) in [4.78, 5) is 7.42. The first kappa shape index (κ1) is 43.9. The molecule has 0 radical (unpaired) electrons. The fourth-order valence-electron chi connectivity index (χ4n) is 11.7. The van der Waals surface area contributed by atoms with Gasteiger partial charge < -0.3 is 19.3 Å². The quantitative estimate of drug-likeness (QED) is 0.120. The molecule has 4 nitrogen and oxygen atoms in total. The Bertz CT molecular complexity index is 3980. The Kier molecular flexibility index (Phi) is 11.0. The third kappa shape index (κ3) is 7.53. The van der Waals surface area contributed by atoms with Gasteiger partial charge in [-0.3, -0.25) is 0 Å². The molecule has 1 aromatic heterocycles. The highest BCUT2D eigenvalue weighted by Crippen LogP contribution is 2.53. The lowest BCUT2D eigenvalue weighted by Crippen LogP contribution is -2.39. The van der Waals surface area contributed by atoms with Gasteiger partial charge in [0.05, 0.1) is 22.8 Å². The van der Waals surface area contributed by atoms with Crippen LogP contribution in [0.1, 0.15) is 25.0 Å². The van der Waals surface area contributed by atoms with Gasteiger partial charge in [-0.2, -0.15) is 0 Å². The molecule has 0 saturated carbocycles. The Morgan fingerprint density at radius 3 is 1.86 bits per heavy atom. The van der Waals surface area contributed by atoms with Crippen LogP contribution in [0.25, 0.3) is 54.6 Å². The maximum absolute atomic E-state index is 2.51. The average Bonchev–Trinajstić information content (AvgIpc) is 3.93. The number of hydrogen-bond acceptors (Lipinski definition) is 3. The zero-order valence-electron chi connectivity index (χ0n) is 41.1. The first-order chi connectivity index (χ1) is 36.1. The number of allylic oxidation sites excluding steroid dienone is 5. The average molecular weight is 939 g/mol. The predicted molar refractivity (Wildman–Crippen MR) is 311 cm³/mol. The Hall–Kier alpha value is -9.12. The van der Waals surface area contributed by atoms with Gasteiger partial charge in [-0.1, -0.05) is 182 Å². The van der Waals surface area contributed by atoms with Crippen LogP contribution in [0.3, 0.4) is 0 Å². The minimum Gasteiger partial charge on any atom is -0.337 e. The van der Waals surface area contributed by atoms with E-state index in [9.17, 15) is 0 Å². The van der Waals surface area contributed by atoms with Crippen molar-refractivity contribution in [1.82, 2.24) is 4.57 Å². The van der Waals surface area contributed by atoms with Gasteiger partial charge in [0.15, 0.2) is 0 Å². The molecule has 0 spiro atoms. The van der Waals surface area contributed by atoms with Crippen LogP contribution in [0, 0.1) is 0 Å². The zero-order valence-corrected chi connectivity index (χ0v) is 41.1. The van der Waals surface area contributed by atoms with Gasteiger partial charge in [0, 0.05) is 73.3 Å². The van der Waals surface area contributed by atoms with Gasteiger partial charge in [0.1, 0.15) is 0 Å². The molecule has 0 fully saturated rings. The molecule has 0 bridgehead atoms. The zero-order chi connectivity index (χ0) is 48.9. The minimum absolute atomic E-state index is 0.176. The number of anilines is 7. The van der Waals surface area contributed by atoms with E-state index in [4.69, 9.17) is 0 Å². The smallest absolute Gasteiger partial charge is 0.0655 e. The van der Waals surface area contributed by atoms with Crippen molar-refractivity contribution in [3.63, 3.8) is 0 Å². The molecule has 73 heavy (non-hydrogen) atoms. The Morgan fingerprint density at radius 2 is 1.12 bits per heavy atom. The molecule has 13 rings (SSSR count). The molecule has 2 unspecified atom stereocenters. The highest BCUT2D eigenvalue weighted by molar-refractivity contribution is 6.11. The number of nitrogens with zero attached hydrogens (tertiary/aromatic N) is 4. The Morgan fingerprint density at radius 1 is 0.521 bits per heavy atom. The minimum atomic E-state index is -0.195. The molecule has 11 aromatic rings. The van der Waals surface area contributed by atoms with Crippen LogP contribution in [-0.4, -0.2) is 17.2 Å². The third-order valence-corrected chi connectivity index (χ3v) is 15.3. The van der Waals surface area contributed by atoms with Crippen molar-refractivity contribution in [1.29, 1.82) is 0 Å². The third-order valence-electron chi connectivity index (χ3n) is 15.3. The molecule has 2 atom stereocenters. The van der Waals surface area contributed by atoms with E-state index < -0.39 is 0 Å². The molecule has 0 N–H and O–H groups in total. The van der Waals surface area contributed by atoms with Crippen LogP contribution < -0.4 is 14.7 Å².